The SMILES string of the molecule is CCOC(=O)C1=C(C)N(c2ccccc2)C(=O)NC1c1ccccc1N=[N+]=[N-]. The average molecular weight is 377 g/mol. The van der Waals surface area contributed by atoms with Gasteiger partial charge < -0.3 is 10.1 Å². The van der Waals surface area contributed by atoms with Crippen molar-refractivity contribution >= 4 is 23.4 Å². The Balaban J connectivity index is 2.19. The molecule has 1 N–H and O–H groups in total. The third-order valence-corrected chi connectivity index (χ3v) is 4.39. The van der Waals surface area contributed by atoms with Gasteiger partial charge >= 0.3 is 12.0 Å². The molecule has 0 radical (unpaired) electrons. The average Bonchev–Trinajstić information content (AvgIpc) is 2.69. The smallest absolute Gasteiger partial charge is 0.338 e. The zero-order chi connectivity index (χ0) is 20.1. The third kappa shape index (κ3) is 3.54. The van der Waals surface area contributed by atoms with E-state index in [0.29, 0.717) is 22.6 Å². The van der Waals surface area contributed by atoms with Crippen molar-refractivity contribution in [2.45, 2.75) is 19.9 Å². The van der Waals surface area contributed by atoms with Gasteiger partial charge in [-0.3, -0.25) is 4.90 Å². The molecule has 0 saturated carbocycles. The fraction of sp³-hybridized carbons (Fsp3) is 0.200. The van der Waals surface area contributed by atoms with Crippen LogP contribution in [0.4, 0.5) is 16.2 Å². The van der Waals surface area contributed by atoms with E-state index in [-0.39, 0.29) is 12.2 Å². The van der Waals surface area contributed by atoms with E-state index in [2.05, 4.69) is 15.3 Å². The van der Waals surface area contributed by atoms with Gasteiger partial charge in [-0.15, -0.1) is 0 Å². The topological polar surface area (TPSA) is 107 Å². The number of ether oxygens (including phenoxy) is 1. The highest BCUT2D eigenvalue weighted by molar-refractivity contribution is 6.03. The Morgan fingerprint density at radius 3 is 2.57 bits per heavy atom. The van der Waals surface area contributed by atoms with Crippen LogP contribution in [-0.4, -0.2) is 18.6 Å². The van der Waals surface area contributed by atoms with Crippen LogP contribution in [-0.2, 0) is 9.53 Å². The molecule has 0 fully saturated rings. The molecule has 8 heteroatoms. The Morgan fingerprint density at radius 1 is 1.21 bits per heavy atom. The van der Waals surface area contributed by atoms with Crippen molar-refractivity contribution in [1.29, 1.82) is 0 Å². The molecule has 1 aliphatic heterocycles. The Hall–Kier alpha value is -3.77. The molecule has 0 aliphatic carbocycles. The van der Waals surface area contributed by atoms with E-state index in [4.69, 9.17) is 10.3 Å². The van der Waals surface area contributed by atoms with E-state index in [1.54, 1.807) is 50.2 Å². The van der Waals surface area contributed by atoms with Crippen molar-refractivity contribution in [3.05, 3.63) is 81.9 Å². The molecular formula is C20H19N5O3. The van der Waals surface area contributed by atoms with Crippen molar-refractivity contribution in [1.82, 2.24) is 5.32 Å². The summed E-state index contributed by atoms with van der Waals surface area (Å²) in [5.74, 6) is -0.540. The summed E-state index contributed by atoms with van der Waals surface area (Å²) < 4.78 is 5.24. The fourth-order valence-corrected chi connectivity index (χ4v) is 3.21. The number of urea groups is 1. The first kappa shape index (κ1) is 19.0. The standard InChI is InChI=1S/C20H19N5O3/c1-3-28-19(26)17-13(2)25(14-9-5-4-6-10-14)20(27)22-18(17)15-11-7-8-12-16(15)23-24-21/h4-12,18H,3H2,1-2H3,(H,22,27). The predicted molar refractivity (Wildman–Crippen MR) is 105 cm³/mol. The predicted octanol–water partition coefficient (Wildman–Crippen LogP) is 4.74. The number of nitrogens with one attached hydrogen (secondary N) is 1. The van der Waals surface area contributed by atoms with Gasteiger partial charge in [-0.25, -0.2) is 9.59 Å². The van der Waals surface area contributed by atoms with E-state index in [9.17, 15) is 9.59 Å². The second-order valence-electron chi connectivity index (χ2n) is 6.02. The molecule has 2 aromatic rings. The Labute approximate surface area is 162 Å². The van der Waals surface area contributed by atoms with Gasteiger partial charge in [0.1, 0.15) is 0 Å². The van der Waals surface area contributed by atoms with Gasteiger partial charge in [0.25, 0.3) is 0 Å². The van der Waals surface area contributed by atoms with E-state index in [1.165, 1.54) is 4.90 Å². The number of hydrogen-bond donors (Lipinski definition) is 1. The molecule has 1 atom stereocenters. The minimum Gasteiger partial charge on any atom is -0.463 e. The number of carbonyl (C=O) groups is 2. The molecule has 0 spiro atoms. The highest BCUT2D eigenvalue weighted by Gasteiger charge is 2.37. The summed E-state index contributed by atoms with van der Waals surface area (Å²) >= 11 is 0. The van der Waals surface area contributed by atoms with Crippen LogP contribution in [0.15, 0.2) is 71.0 Å². The summed E-state index contributed by atoms with van der Waals surface area (Å²) in [4.78, 5) is 30.0. The highest BCUT2D eigenvalue weighted by Crippen LogP contribution is 2.37. The van der Waals surface area contributed by atoms with Crippen LogP contribution in [0.2, 0.25) is 0 Å². The minimum atomic E-state index is -0.798. The number of allylic oxidation sites excluding steroid dienone is 1. The summed E-state index contributed by atoms with van der Waals surface area (Å²) in [5.41, 5.74) is 11.1. The van der Waals surface area contributed by atoms with Crippen LogP contribution in [0.5, 0.6) is 0 Å². The Bertz CT molecular complexity index is 980. The van der Waals surface area contributed by atoms with Gasteiger partial charge in [-0.05, 0) is 37.1 Å². The first-order chi connectivity index (χ1) is 13.6. The molecule has 1 unspecified atom stereocenters. The molecule has 2 aromatic carbocycles. The number of anilines is 1. The van der Waals surface area contributed by atoms with E-state index in [0.717, 1.165) is 0 Å². The summed E-state index contributed by atoms with van der Waals surface area (Å²) in [6.07, 6.45) is 0. The van der Waals surface area contributed by atoms with Gasteiger partial charge in [0.2, 0.25) is 0 Å². The zero-order valence-corrected chi connectivity index (χ0v) is 15.5. The molecule has 142 valence electrons. The number of para-hydroxylation sites is 1. The number of carbonyl (C=O) groups excluding carboxylic acids is 2. The summed E-state index contributed by atoms with van der Waals surface area (Å²) in [6, 6.07) is 14.6. The van der Waals surface area contributed by atoms with E-state index >= 15 is 0 Å². The lowest BCUT2D eigenvalue weighted by atomic mass is 9.93. The molecule has 28 heavy (non-hydrogen) atoms. The number of amides is 2. The van der Waals surface area contributed by atoms with Gasteiger partial charge in [-0.1, -0.05) is 47.6 Å². The van der Waals surface area contributed by atoms with E-state index in [1.807, 2.05) is 18.2 Å². The minimum absolute atomic E-state index is 0.194. The Morgan fingerprint density at radius 2 is 1.89 bits per heavy atom. The lowest BCUT2D eigenvalue weighted by Gasteiger charge is -2.35. The van der Waals surface area contributed by atoms with Crippen LogP contribution in [0.1, 0.15) is 25.5 Å². The Kier molecular flexibility index (Phi) is 5.62. The quantitative estimate of drug-likeness (QED) is 0.352. The maximum atomic E-state index is 12.9. The lowest BCUT2D eigenvalue weighted by Crippen LogP contribution is -2.48. The van der Waals surface area contributed by atoms with Gasteiger partial charge in [-0.2, -0.15) is 0 Å². The van der Waals surface area contributed by atoms with Crippen molar-refractivity contribution in [3.63, 3.8) is 0 Å². The first-order valence-corrected chi connectivity index (χ1v) is 8.76. The summed E-state index contributed by atoms with van der Waals surface area (Å²) in [6.45, 7) is 3.61. The van der Waals surface area contributed by atoms with Crippen molar-refractivity contribution in [2.24, 2.45) is 5.11 Å². The van der Waals surface area contributed by atoms with Crippen LogP contribution >= 0.6 is 0 Å². The number of esters is 1. The largest absolute Gasteiger partial charge is 0.463 e. The maximum Gasteiger partial charge on any atom is 0.338 e. The number of azide groups is 1. The van der Waals surface area contributed by atoms with Crippen LogP contribution in [0, 0.1) is 0 Å². The molecule has 2 amide bonds. The van der Waals surface area contributed by atoms with Crippen molar-refractivity contribution in [3.8, 4) is 0 Å². The van der Waals surface area contributed by atoms with Gasteiger partial charge in [0.05, 0.1) is 23.9 Å². The highest BCUT2D eigenvalue weighted by atomic mass is 16.5. The molecule has 1 heterocycles. The van der Waals surface area contributed by atoms with Crippen LogP contribution in [0.3, 0.4) is 0 Å². The number of nitrogens with zero attached hydrogens (tertiary/aromatic N) is 4. The fourth-order valence-electron chi connectivity index (χ4n) is 3.21. The van der Waals surface area contributed by atoms with Gasteiger partial charge in [0.15, 0.2) is 0 Å². The summed E-state index contributed by atoms with van der Waals surface area (Å²) in [7, 11) is 0. The molecule has 1 aliphatic rings. The van der Waals surface area contributed by atoms with Crippen molar-refractivity contribution < 1.29 is 14.3 Å². The number of hydrogen-bond acceptors (Lipinski definition) is 4. The van der Waals surface area contributed by atoms with Gasteiger partial charge in [0, 0.05) is 16.3 Å². The first-order valence-electron chi connectivity index (χ1n) is 8.76. The zero-order valence-electron chi connectivity index (χ0n) is 15.5. The summed E-state index contributed by atoms with van der Waals surface area (Å²) in [5, 5.41) is 6.53. The molecule has 3 rings (SSSR count). The third-order valence-electron chi connectivity index (χ3n) is 4.39. The van der Waals surface area contributed by atoms with Crippen molar-refractivity contribution in [2.75, 3.05) is 11.5 Å². The second-order valence-corrected chi connectivity index (χ2v) is 6.02. The maximum absolute atomic E-state index is 12.9. The van der Waals surface area contributed by atoms with Crippen LogP contribution in [0.25, 0.3) is 10.4 Å². The normalized spacial score (nSPS) is 16.3. The molecule has 8 nitrogen and oxygen atoms in total. The second kappa shape index (κ2) is 8.28. The number of benzene rings is 2. The molecular weight excluding hydrogens is 358 g/mol. The molecule has 0 saturated heterocycles. The lowest BCUT2D eigenvalue weighted by molar-refractivity contribution is -0.139. The molecule has 0 aromatic heterocycles. The molecule has 0 bridgehead atoms. The van der Waals surface area contributed by atoms with Crippen LogP contribution < -0.4 is 10.2 Å². The number of rotatable bonds is 5. The van der Waals surface area contributed by atoms with E-state index < -0.39 is 18.0 Å². The monoisotopic (exact) mass is 377 g/mol.